The summed E-state index contributed by atoms with van der Waals surface area (Å²) in [7, 11) is 0. The van der Waals surface area contributed by atoms with Gasteiger partial charge in [-0.3, -0.25) is 9.69 Å². The lowest BCUT2D eigenvalue weighted by molar-refractivity contribution is -0.122. The number of amides is 1. The molecule has 0 atom stereocenters. The molecule has 1 fully saturated rings. The molecule has 2 N–H and O–H groups in total. The van der Waals surface area contributed by atoms with Crippen molar-refractivity contribution >= 4 is 5.91 Å². The molecule has 1 amide bonds. The molecule has 0 aromatic heterocycles. The Morgan fingerprint density at radius 2 is 2.18 bits per heavy atom. The van der Waals surface area contributed by atoms with Gasteiger partial charge in [-0.15, -0.1) is 0 Å². The highest BCUT2D eigenvalue weighted by molar-refractivity contribution is 5.77. The Balaban J connectivity index is 1.54. The van der Waals surface area contributed by atoms with Gasteiger partial charge in [-0.25, -0.2) is 0 Å². The highest BCUT2D eigenvalue weighted by Gasteiger charge is 2.18. The van der Waals surface area contributed by atoms with Crippen LogP contribution in [-0.4, -0.2) is 54.8 Å². The molecule has 122 valence electrons. The van der Waals surface area contributed by atoms with Gasteiger partial charge in [-0.05, 0) is 43.9 Å². The fourth-order valence-corrected chi connectivity index (χ4v) is 2.53. The van der Waals surface area contributed by atoms with Crippen molar-refractivity contribution in [3.63, 3.8) is 0 Å². The molecule has 1 heterocycles. The zero-order chi connectivity index (χ0) is 15.8. The number of likely N-dealkylation sites (tertiary alicyclic amines) is 1. The number of nitrogens with zero attached hydrogens (tertiary/aromatic N) is 1. The number of benzene rings is 1. The van der Waals surface area contributed by atoms with Crippen molar-refractivity contribution in [1.29, 1.82) is 0 Å². The number of aryl methyl sites for hydroxylation is 1. The maximum absolute atomic E-state index is 11.8. The normalized spacial score (nSPS) is 16.5. The zero-order valence-electron chi connectivity index (χ0n) is 13.3. The highest BCUT2D eigenvalue weighted by Crippen LogP contribution is 2.12. The summed E-state index contributed by atoms with van der Waals surface area (Å²) < 4.78 is 5.64. The summed E-state index contributed by atoms with van der Waals surface area (Å²) in [6.07, 6.45) is 2.12. The number of ether oxygens (including phenoxy) is 1. The van der Waals surface area contributed by atoms with Crippen LogP contribution in [0.1, 0.15) is 24.8 Å². The Morgan fingerprint density at radius 1 is 1.41 bits per heavy atom. The van der Waals surface area contributed by atoms with Gasteiger partial charge in [-0.1, -0.05) is 12.1 Å². The van der Waals surface area contributed by atoms with E-state index >= 15 is 0 Å². The van der Waals surface area contributed by atoms with Gasteiger partial charge in [0.2, 0.25) is 5.91 Å². The van der Waals surface area contributed by atoms with Crippen molar-refractivity contribution in [3.8, 4) is 5.75 Å². The zero-order valence-corrected chi connectivity index (χ0v) is 13.3. The van der Waals surface area contributed by atoms with Crippen LogP contribution >= 0.6 is 0 Å². The van der Waals surface area contributed by atoms with Crippen molar-refractivity contribution in [1.82, 2.24) is 10.2 Å². The third-order valence-electron chi connectivity index (χ3n) is 3.83. The Kier molecular flexibility index (Phi) is 6.68. The lowest BCUT2D eigenvalue weighted by atomic mass is 10.1. The van der Waals surface area contributed by atoms with E-state index in [2.05, 4.69) is 10.2 Å². The van der Waals surface area contributed by atoms with E-state index in [-0.39, 0.29) is 12.0 Å². The van der Waals surface area contributed by atoms with Crippen molar-refractivity contribution in [2.75, 3.05) is 32.8 Å². The lowest BCUT2D eigenvalue weighted by Crippen LogP contribution is -2.42. The molecule has 0 aliphatic carbocycles. The summed E-state index contributed by atoms with van der Waals surface area (Å²) in [6.45, 7) is 5.27. The molecular weight excluding hydrogens is 280 g/mol. The third kappa shape index (κ3) is 6.03. The number of nitrogens with one attached hydrogen (secondary N) is 1. The number of rotatable bonds is 7. The van der Waals surface area contributed by atoms with Crippen molar-refractivity contribution in [2.24, 2.45) is 0 Å². The van der Waals surface area contributed by atoms with Crippen LogP contribution in [-0.2, 0) is 4.79 Å². The Labute approximate surface area is 132 Å². The van der Waals surface area contributed by atoms with Crippen LogP contribution in [0, 0.1) is 6.92 Å². The summed E-state index contributed by atoms with van der Waals surface area (Å²) in [5.74, 6) is 0.921. The quantitative estimate of drug-likeness (QED) is 0.746. The van der Waals surface area contributed by atoms with Crippen molar-refractivity contribution in [2.45, 2.75) is 32.3 Å². The molecule has 1 aromatic rings. The summed E-state index contributed by atoms with van der Waals surface area (Å²) in [5.41, 5.74) is 1.18. The second-order valence-electron chi connectivity index (χ2n) is 5.88. The highest BCUT2D eigenvalue weighted by atomic mass is 16.5. The molecule has 1 saturated heterocycles. The minimum Gasteiger partial charge on any atom is -0.494 e. The molecule has 5 heteroatoms. The smallest absolute Gasteiger partial charge is 0.234 e. The van der Waals surface area contributed by atoms with Gasteiger partial charge in [0.1, 0.15) is 5.75 Å². The summed E-state index contributed by atoms with van der Waals surface area (Å²) in [4.78, 5) is 13.9. The molecule has 0 bridgehead atoms. The number of hydrogen-bond acceptors (Lipinski definition) is 4. The van der Waals surface area contributed by atoms with E-state index in [0.29, 0.717) is 19.7 Å². The van der Waals surface area contributed by atoms with Crippen LogP contribution in [0.2, 0.25) is 0 Å². The molecule has 22 heavy (non-hydrogen) atoms. The summed E-state index contributed by atoms with van der Waals surface area (Å²) >= 11 is 0. The number of hydrogen-bond donors (Lipinski definition) is 2. The minimum atomic E-state index is -0.196. The number of aliphatic hydroxyl groups excluding tert-OH is 1. The first-order valence-electron chi connectivity index (χ1n) is 8.00. The van der Waals surface area contributed by atoms with Crippen LogP contribution in [0.5, 0.6) is 5.75 Å². The number of carbonyl (C=O) groups is 1. The lowest BCUT2D eigenvalue weighted by Gasteiger charge is -2.28. The van der Waals surface area contributed by atoms with E-state index in [0.717, 1.165) is 38.1 Å². The van der Waals surface area contributed by atoms with E-state index in [9.17, 15) is 9.90 Å². The van der Waals surface area contributed by atoms with E-state index in [1.54, 1.807) is 0 Å². The van der Waals surface area contributed by atoms with Gasteiger partial charge in [0.05, 0.1) is 19.3 Å². The molecule has 1 aliphatic heterocycles. The number of carbonyl (C=O) groups excluding carboxylic acids is 1. The Morgan fingerprint density at radius 3 is 2.91 bits per heavy atom. The predicted molar refractivity (Wildman–Crippen MR) is 86.0 cm³/mol. The maximum Gasteiger partial charge on any atom is 0.234 e. The van der Waals surface area contributed by atoms with Gasteiger partial charge in [0.25, 0.3) is 0 Å². The SMILES string of the molecule is Cc1cccc(OCCCNC(=O)CN2CCC(O)CC2)c1. The second-order valence-corrected chi connectivity index (χ2v) is 5.88. The topological polar surface area (TPSA) is 61.8 Å². The fraction of sp³-hybridized carbons (Fsp3) is 0.588. The third-order valence-corrected chi connectivity index (χ3v) is 3.83. The van der Waals surface area contributed by atoms with Crippen molar-refractivity contribution in [3.05, 3.63) is 29.8 Å². The monoisotopic (exact) mass is 306 g/mol. The summed E-state index contributed by atoms with van der Waals surface area (Å²) in [5, 5.41) is 12.3. The first-order valence-corrected chi connectivity index (χ1v) is 8.00. The van der Waals surface area contributed by atoms with E-state index in [1.807, 2.05) is 31.2 Å². The maximum atomic E-state index is 11.8. The van der Waals surface area contributed by atoms with Gasteiger partial charge in [-0.2, -0.15) is 0 Å². The average molecular weight is 306 g/mol. The van der Waals surface area contributed by atoms with Crippen LogP contribution in [0.25, 0.3) is 0 Å². The average Bonchev–Trinajstić information content (AvgIpc) is 2.49. The van der Waals surface area contributed by atoms with Gasteiger partial charge in [0.15, 0.2) is 0 Å². The largest absolute Gasteiger partial charge is 0.494 e. The molecule has 0 spiro atoms. The van der Waals surface area contributed by atoms with E-state index in [4.69, 9.17) is 4.74 Å². The first kappa shape index (κ1) is 16.8. The van der Waals surface area contributed by atoms with Gasteiger partial charge in [0, 0.05) is 19.6 Å². The van der Waals surface area contributed by atoms with Gasteiger partial charge < -0.3 is 15.2 Å². The molecule has 0 saturated carbocycles. The Hall–Kier alpha value is -1.59. The van der Waals surface area contributed by atoms with Crippen LogP contribution < -0.4 is 10.1 Å². The standard InChI is InChI=1S/C17H26N2O3/c1-14-4-2-5-16(12-14)22-11-3-8-18-17(21)13-19-9-6-15(20)7-10-19/h2,4-5,12,15,20H,3,6-11,13H2,1H3,(H,18,21). The molecule has 0 radical (unpaired) electrons. The fourth-order valence-electron chi connectivity index (χ4n) is 2.53. The van der Waals surface area contributed by atoms with Crippen LogP contribution in [0.3, 0.4) is 0 Å². The molecule has 5 nitrogen and oxygen atoms in total. The molecule has 1 aromatic carbocycles. The molecule has 2 rings (SSSR count). The van der Waals surface area contributed by atoms with Crippen molar-refractivity contribution < 1.29 is 14.6 Å². The predicted octanol–water partition coefficient (Wildman–Crippen LogP) is 1.34. The molecule has 0 unspecified atom stereocenters. The van der Waals surface area contributed by atoms with Crippen LogP contribution in [0.15, 0.2) is 24.3 Å². The van der Waals surface area contributed by atoms with Crippen LogP contribution in [0.4, 0.5) is 0 Å². The molecular formula is C17H26N2O3. The van der Waals surface area contributed by atoms with Gasteiger partial charge >= 0.3 is 0 Å². The van der Waals surface area contributed by atoms with E-state index < -0.39 is 0 Å². The second kappa shape index (κ2) is 8.76. The Bertz CT molecular complexity index is 471. The minimum absolute atomic E-state index is 0.0481. The van der Waals surface area contributed by atoms with E-state index in [1.165, 1.54) is 5.56 Å². The summed E-state index contributed by atoms with van der Waals surface area (Å²) in [6, 6.07) is 7.95. The number of aliphatic hydroxyl groups is 1. The molecule has 1 aliphatic rings. The first-order chi connectivity index (χ1) is 10.6. The number of piperidine rings is 1.